The molecule has 1 aromatic rings. The molecule has 0 heterocycles. The molecule has 2 rings (SSSR count). The van der Waals surface area contributed by atoms with Crippen LogP contribution in [0, 0.1) is 5.92 Å². The van der Waals surface area contributed by atoms with Crippen molar-refractivity contribution in [2.75, 3.05) is 27.4 Å². The topological polar surface area (TPSA) is 56.8 Å². The van der Waals surface area contributed by atoms with Crippen LogP contribution in [0.2, 0.25) is 0 Å². The van der Waals surface area contributed by atoms with Crippen LogP contribution in [0.3, 0.4) is 0 Å². The van der Waals surface area contributed by atoms with E-state index in [0.29, 0.717) is 24.7 Å². The lowest BCUT2D eigenvalue weighted by Crippen LogP contribution is -2.31. The zero-order chi connectivity index (χ0) is 16.7. The number of amides is 1. The third-order valence-corrected chi connectivity index (χ3v) is 4.32. The maximum atomic E-state index is 12.2. The van der Waals surface area contributed by atoms with Gasteiger partial charge < -0.3 is 19.5 Å². The molecule has 1 aliphatic carbocycles. The van der Waals surface area contributed by atoms with Crippen LogP contribution >= 0.6 is 0 Å². The Hall–Kier alpha value is -1.75. The first kappa shape index (κ1) is 17.6. The average molecular weight is 321 g/mol. The lowest BCUT2D eigenvalue weighted by molar-refractivity contribution is -0.125. The highest BCUT2D eigenvalue weighted by Gasteiger charge is 2.24. The summed E-state index contributed by atoms with van der Waals surface area (Å²) in [6.45, 7) is 2.99. The van der Waals surface area contributed by atoms with Gasteiger partial charge in [0.05, 0.1) is 19.8 Å². The third kappa shape index (κ3) is 4.86. The van der Waals surface area contributed by atoms with Crippen LogP contribution in [-0.2, 0) is 9.53 Å². The molecule has 1 fully saturated rings. The van der Waals surface area contributed by atoms with E-state index in [0.717, 1.165) is 31.2 Å². The number of carbonyl (C=O) groups excluding carboxylic acids is 1. The van der Waals surface area contributed by atoms with Crippen LogP contribution in [0.4, 0.5) is 0 Å². The average Bonchev–Trinajstić information content (AvgIpc) is 3.09. The van der Waals surface area contributed by atoms with Crippen LogP contribution in [0.1, 0.15) is 44.2 Å². The highest BCUT2D eigenvalue weighted by Crippen LogP contribution is 2.31. The molecule has 1 aliphatic rings. The number of carbonyl (C=O) groups is 1. The lowest BCUT2D eigenvalue weighted by Gasteiger charge is -2.19. The van der Waals surface area contributed by atoms with Gasteiger partial charge in [0.2, 0.25) is 5.91 Å². The maximum absolute atomic E-state index is 12.2. The second-order valence-electron chi connectivity index (χ2n) is 5.96. The SMILES string of the molecule is COCCOc1ccc([C@H](C)NC(=O)C2CCCC2)cc1OC. The molecular weight excluding hydrogens is 294 g/mol. The molecular formula is C18H27NO4. The molecule has 5 heteroatoms. The van der Waals surface area contributed by atoms with E-state index in [1.807, 2.05) is 25.1 Å². The molecule has 5 nitrogen and oxygen atoms in total. The van der Waals surface area contributed by atoms with Crippen molar-refractivity contribution >= 4 is 5.91 Å². The molecule has 1 amide bonds. The zero-order valence-electron chi connectivity index (χ0n) is 14.3. The molecule has 0 radical (unpaired) electrons. The lowest BCUT2D eigenvalue weighted by atomic mass is 10.0. The van der Waals surface area contributed by atoms with Gasteiger partial charge in [-0.05, 0) is 37.5 Å². The van der Waals surface area contributed by atoms with Gasteiger partial charge in [0.25, 0.3) is 0 Å². The fraction of sp³-hybridized carbons (Fsp3) is 0.611. The fourth-order valence-corrected chi connectivity index (χ4v) is 2.91. The first-order chi connectivity index (χ1) is 11.2. The van der Waals surface area contributed by atoms with Crippen LogP contribution in [-0.4, -0.2) is 33.3 Å². The molecule has 1 N–H and O–H groups in total. The van der Waals surface area contributed by atoms with Gasteiger partial charge in [-0.1, -0.05) is 18.9 Å². The summed E-state index contributed by atoms with van der Waals surface area (Å²) in [7, 11) is 3.25. The normalized spacial score (nSPS) is 16.1. The Balaban J connectivity index is 1.99. The van der Waals surface area contributed by atoms with Gasteiger partial charge in [-0.2, -0.15) is 0 Å². The van der Waals surface area contributed by atoms with E-state index < -0.39 is 0 Å². The molecule has 23 heavy (non-hydrogen) atoms. The molecule has 128 valence electrons. The van der Waals surface area contributed by atoms with Gasteiger partial charge in [-0.25, -0.2) is 0 Å². The van der Waals surface area contributed by atoms with Crippen molar-refractivity contribution in [3.63, 3.8) is 0 Å². The predicted molar refractivity (Wildman–Crippen MR) is 88.9 cm³/mol. The summed E-state index contributed by atoms with van der Waals surface area (Å²) in [6.07, 6.45) is 4.34. The highest BCUT2D eigenvalue weighted by atomic mass is 16.5. The number of benzene rings is 1. The summed E-state index contributed by atoms with van der Waals surface area (Å²) in [5.74, 6) is 1.69. The van der Waals surface area contributed by atoms with E-state index >= 15 is 0 Å². The van der Waals surface area contributed by atoms with Crippen molar-refractivity contribution in [3.05, 3.63) is 23.8 Å². The van der Waals surface area contributed by atoms with Gasteiger partial charge in [0, 0.05) is 13.0 Å². The number of methoxy groups -OCH3 is 2. The predicted octanol–water partition coefficient (Wildman–Crippen LogP) is 3.09. The number of nitrogens with one attached hydrogen (secondary N) is 1. The molecule has 0 aliphatic heterocycles. The molecule has 0 unspecified atom stereocenters. The summed E-state index contributed by atoms with van der Waals surface area (Å²) < 4.78 is 16.0. The van der Waals surface area contributed by atoms with Crippen molar-refractivity contribution in [2.45, 2.75) is 38.6 Å². The summed E-state index contributed by atoms with van der Waals surface area (Å²) in [5.41, 5.74) is 1.01. The van der Waals surface area contributed by atoms with Crippen molar-refractivity contribution in [1.29, 1.82) is 0 Å². The van der Waals surface area contributed by atoms with Crippen molar-refractivity contribution in [2.24, 2.45) is 5.92 Å². The molecule has 0 saturated heterocycles. The first-order valence-electron chi connectivity index (χ1n) is 8.25. The highest BCUT2D eigenvalue weighted by molar-refractivity contribution is 5.79. The van der Waals surface area contributed by atoms with Gasteiger partial charge in [-0.3, -0.25) is 4.79 Å². The van der Waals surface area contributed by atoms with E-state index in [1.165, 1.54) is 0 Å². The molecule has 0 bridgehead atoms. The van der Waals surface area contributed by atoms with E-state index in [4.69, 9.17) is 14.2 Å². The first-order valence-corrected chi connectivity index (χ1v) is 8.25. The quantitative estimate of drug-likeness (QED) is 0.748. The van der Waals surface area contributed by atoms with E-state index in [-0.39, 0.29) is 17.9 Å². The summed E-state index contributed by atoms with van der Waals surface area (Å²) >= 11 is 0. The van der Waals surface area contributed by atoms with Crippen molar-refractivity contribution in [3.8, 4) is 11.5 Å². The summed E-state index contributed by atoms with van der Waals surface area (Å²) in [5, 5.41) is 3.11. The van der Waals surface area contributed by atoms with Crippen LogP contribution in [0.15, 0.2) is 18.2 Å². The van der Waals surface area contributed by atoms with Crippen LogP contribution in [0.25, 0.3) is 0 Å². The second kappa shape index (κ2) is 8.77. The molecule has 1 saturated carbocycles. The van der Waals surface area contributed by atoms with Crippen molar-refractivity contribution in [1.82, 2.24) is 5.32 Å². The fourth-order valence-electron chi connectivity index (χ4n) is 2.91. The number of hydrogen-bond acceptors (Lipinski definition) is 4. The molecule has 0 spiro atoms. The minimum Gasteiger partial charge on any atom is -0.493 e. The third-order valence-electron chi connectivity index (χ3n) is 4.32. The minimum atomic E-state index is -0.0509. The Morgan fingerprint density at radius 1 is 1.22 bits per heavy atom. The number of hydrogen-bond donors (Lipinski definition) is 1. The van der Waals surface area contributed by atoms with E-state index in [9.17, 15) is 4.79 Å². The Morgan fingerprint density at radius 2 is 1.96 bits per heavy atom. The Labute approximate surface area is 138 Å². The zero-order valence-corrected chi connectivity index (χ0v) is 14.3. The van der Waals surface area contributed by atoms with E-state index in [2.05, 4.69) is 5.32 Å². The van der Waals surface area contributed by atoms with Crippen molar-refractivity contribution < 1.29 is 19.0 Å². The molecule has 0 aromatic heterocycles. The Morgan fingerprint density at radius 3 is 2.61 bits per heavy atom. The van der Waals surface area contributed by atoms with Gasteiger partial charge in [-0.15, -0.1) is 0 Å². The summed E-state index contributed by atoms with van der Waals surface area (Å²) in [6, 6.07) is 5.71. The second-order valence-corrected chi connectivity index (χ2v) is 5.96. The number of ether oxygens (including phenoxy) is 3. The Kier molecular flexibility index (Phi) is 6.71. The minimum absolute atomic E-state index is 0.0509. The Bertz CT molecular complexity index is 512. The largest absolute Gasteiger partial charge is 0.493 e. The molecule has 1 atom stereocenters. The molecule has 1 aromatic carbocycles. The van der Waals surface area contributed by atoms with Gasteiger partial charge >= 0.3 is 0 Å². The monoisotopic (exact) mass is 321 g/mol. The maximum Gasteiger partial charge on any atom is 0.223 e. The van der Waals surface area contributed by atoms with Gasteiger partial charge in [0.15, 0.2) is 11.5 Å². The smallest absolute Gasteiger partial charge is 0.223 e. The number of rotatable bonds is 8. The van der Waals surface area contributed by atoms with Crippen LogP contribution in [0.5, 0.6) is 11.5 Å². The van der Waals surface area contributed by atoms with E-state index in [1.54, 1.807) is 14.2 Å². The standard InChI is InChI=1S/C18H27NO4/c1-13(19-18(20)14-6-4-5-7-14)15-8-9-16(17(12-15)22-3)23-11-10-21-2/h8-9,12-14H,4-7,10-11H2,1-3H3,(H,19,20)/t13-/m0/s1. The summed E-state index contributed by atoms with van der Waals surface area (Å²) in [4.78, 5) is 12.2. The van der Waals surface area contributed by atoms with Crippen LogP contribution < -0.4 is 14.8 Å². The van der Waals surface area contributed by atoms with Gasteiger partial charge in [0.1, 0.15) is 6.61 Å².